The van der Waals surface area contributed by atoms with E-state index in [0.717, 1.165) is 22.6 Å². The highest BCUT2D eigenvalue weighted by Gasteiger charge is 2.14. The second kappa shape index (κ2) is 7.82. The summed E-state index contributed by atoms with van der Waals surface area (Å²) in [6.45, 7) is 1.09. The molecule has 0 aliphatic carbocycles. The van der Waals surface area contributed by atoms with Crippen LogP contribution < -0.4 is 14.8 Å². The molecule has 1 aliphatic heterocycles. The van der Waals surface area contributed by atoms with Gasteiger partial charge in [0.05, 0.1) is 5.69 Å². The zero-order chi connectivity index (χ0) is 18.6. The predicted octanol–water partition coefficient (Wildman–Crippen LogP) is 4.89. The van der Waals surface area contributed by atoms with E-state index in [4.69, 9.17) is 21.1 Å². The topological polar surface area (TPSA) is 60.5 Å². The van der Waals surface area contributed by atoms with E-state index < -0.39 is 0 Å². The number of rotatable bonds is 4. The van der Waals surface area contributed by atoms with Gasteiger partial charge in [-0.15, -0.1) is 11.3 Å². The standard InChI is InChI=1S/C20H15ClN2O3S/c21-15-5-1-13(2-6-15)3-8-19(24)23-20-22-16(12-27-20)14-4-7-17-18(11-14)26-10-9-25-17/h1-8,11-12H,9-10H2,(H,22,23,24)/b8-3+. The third-order valence-corrected chi connectivity index (χ3v) is 4.88. The van der Waals surface area contributed by atoms with E-state index in [1.807, 2.05) is 35.7 Å². The van der Waals surface area contributed by atoms with Crippen molar-refractivity contribution < 1.29 is 14.3 Å². The second-order valence-electron chi connectivity index (χ2n) is 5.77. The summed E-state index contributed by atoms with van der Waals surface area (Å²) in [6.07, 6.45) is 3.19. The number of nitrogens with one attached hydrogen (secondary N) is 1. The number of anilines is 1. The van der Waals surface area contributed by atoms with Gasteiger partial charge in [0, 0.05) is 22.0 Å². The minimum Gasteiger partial charge on any atom is -0.486 e. The minimum absolute atomic E-state index is 0.243. The fourth-order valence-electron chi connectivity index (χ4n) is 2.56. The number of hydrogen-bond donors (Lipinski definition) is 1. The van der Waals surface area contributed by atoms with Gasteiger partial charge >= 0.3 is 0 Å². The summed E-state index contributed by atoms with van der Waals surface area (Å²) >= 11 is 7.22. The molecule has 27 heavy (non-hydrogen) atoms. The number of ether oxygens (including phenoxy) is 2. The Hall–Kier alpha value is -2.83. The number of carbonyl (C=O) groups is 1. The fraction of sp³-hybridized carbons (Fsp3) is 0.100. The van der Waals surface area contributed by atoms with Crippen LogP contribution in [0.25, 0.3) is 17.3 Å². The van der Waals surface area contributed by atoms with Crippen molar-refractivity contribution in [1.82, 2.24) is 4.98 Å². The number of aromatic nitrogens is 1. The number of amides is 1. The number of halogens is 1. The van der Waals surface area contributed by atoms with Gasteiger partial charge in [0.1, 0.15) is 13.2 Å². The van der Waals surface area contributed by atoms with E-state index in [1.54, 1.807) is 18.2 Å². The van der Waals surface area contributed by atoms with Crippen molar-refractivity contribution in [3.63, 3.8) is 0 Å². The lowest BCUT2D eigenvalue weighted by Gasteiger charge is -2.18. The molecule has 0 saturated carbocycles. The smallest absolute Gasteiger partial charge is 0.250 e. The summed E-state index contributed by atoms with van der Waals surface area (Å²) in [5.74, 6) is 1.21. The van der Waals surface area contributed by atoms with E-state index in [1.165, 1.54) is 17.4 Å². The van der Waals surface area contributed by atoms with Crippen molar-refractivity contribution in [3.05, 3.63) is 64.5 Å². The van der Waals surface area contributed by atoms with Crippen molar-refractivity contribution >= 4 is 40.1 Å². The number of thiazole rings is 1. The monoisotopic (exact) mass is 398 g/mol. The summed E-state index contributed by atoms with van der Waals surface area (Å²) < 4.78 is 11.1. The second-order valence-corrected chi connectivity index (χ2v) is 7.07. The minimum atomic E-state index is -0.243. The number of carbonyl (C=O) groups excluding carboxylic acids is 1. The number of benzene rings is 2. The van der Waals surface area contributed by atoms with Gasteiger partial charge in [0.15, 0.2) is 16.6 Å². The van der Waals surface area contributed by atoms with Gasteiger partial charge in [-0.05, 0) is 42.0 Å². The van der Waals surface area contributed by atoms with Crippen molar-refractivity contribution in [3.8, 4) is 22.8 Å². The molecule has 0 atom stereocenters. The maximum atomic E-state index is 12.1. The average Bonchev–Trinajstić information content (AvgIpc) is 3.15. The van der Waals surface area contributed by atoms with Crippen LogP contribution in [0.1, 0.15) is 5.56 Å². The van der Waals surface area contributed by atoms with E-state index in [2.05, 4.69) is 10.3 Å². The SMILES string of the molecule is O=C(/C=C/c1ccc(Cl)cc1)Nc1nc(-c2ccc3c(c2)OCCO3)cs1. The van der Waals surface area contributed by atoms with Gasteiger partial charge in [-0.25, -0.2) is 4.98 Å². The summed E-state index contributed by atoms with van der Waals surface area (Å²) in [6, 6.07) is 12.9. The molecular weight excluding hydrogens is 384 g/mol. The molecule has 2 heterocycles. The molecule has 0 spiro atoms. The third kappa shape index (κ3) is 4.30. The Bertz CT molecular complexity index is 999. The number of fused-ring (bicyclic) bond motifs is 1. The van der Waals surface area contributed by atoms with E-state index in [9.17, 15) is 4.79 Å². The normalized spacial score (nSPS) is 12.9. The van der Waals surface area contributed by atoms with Crippen LogP contribution in [-0.2, 0) is 4.79 Å². The van der Waals surface area contributed by atoms with Crippen LogP contribution in [0, 0.1) is 0 Å². The van der Waals surface area contributed by atoms with Crippen LogP contribution in [0.2, 0.25) is 5.02 Å². The van der Waals surface area contributed by atoms with Crippen molar-refractivity contribution in [2.24, 2.45) is 0 Å². The summed E-state index contributed by atoms with van der Waals surface area (Å²) in [5, 5.41) is 5.86. The Morgan fingerprint density at radius 3 is 2.70 bits per heavy atom. The molecule has 0 bridgehead atoms. The van der Waals surface area contributed by atoms with Crippen LogP contribution in [-0.4, -0.2) is 24.1 Å². The molecule has 7 heteroatoms. The summed E-state index contributed by atoms with van der Waals surface area (Å²) in [7, 11) is 0. The van der Waals surface area contributed by atoms with Gasteiger partial charge < -0.3 is 9.47 Å². The molecule has 0 radical (unpaired) electrons. The van der Waals surface area contributed by atoms with Crippen molar-refractivity contribution in [2.45, 2.75) is 0 Å². The Kier molecular flexibility index (Phi) is 5.09. The Morgan fingerprint density at radius 1 is 1.11 bits per heavy atom. The molecule has 2 aromatic carbocycles. The molecule has 1 aromatic heterocycles. The molecule has 1 amide bonds. The van der Waals surface area contributed by atoms with Crippen LogP contribution >= 0.6 is 22.9 Å². The van der Waals surface area contributed by atoms with E-state index in [0.29, 0.717) is 29.1 Å². The molecule has 1 N–H and O–H groups in total. The quantitative estimate of drug-likeness (QED) is 0.636. The van der Waals surface area contributed by atoms with Crippen LogP contribution in [0.4, 0.5) is 5.13 Å². The van der Waals surface area contributed by atoms with Crippen molar-refractivity contribution in [1.29, 1.82) is 0 Å². The zero-order valence-corrected chi connectivity index (χ0v) is 15.7. The van der Waals surface area contributed by atoms with Crippen molar-refractivity contribution in [2.75, 3.05) is 18.5 Å². The maximum absolute atomic E-state index is 12.1. The lowest BCUT2D eigenvalue weighted by molar-refractivity contribution is -0.111. The van der Waals surface area contributed by atoms with Gasteiger partial charge in [0.25, 0.3) is 0 Å². The van der Waals surface area contributed by atoms with Gasteiger partial charge in [-0.2, -0.15) is 0 Å². The lowest BCUT2D eigenvalue weighted by atomic mass is 10.1. The molecule has 136 valence electrons. The molecule has 3 aromatic rings. The Balaban J connectivity index is 1.43. The fourth-order valence-corrected chi connectivity index (χ4v) is 3.41. The number of nitrogens with zero attached hydrogens (tertiary/aromatic N) is 1. The first-order valence-electron chi connectivity index (χ1n) is 8.27. The molecule has 5 nitrogen and oxygen atoms in total. The zero-order valence-electron chi connectivity index (χ0n) is 14.1. The first-order valence-corrected chi connectivity index (χ1v) is 9.53. The highest BCUT2D eigenvalue weighted by Crippen LogP contribution is 2.35. The maximum Gasteiger partial charge on any atom is 0.250 e. The molecule has 1 aliphatic rings. The summed E-state index contributed by atoms with van der Waals surface area (Å²) in [5.41, 5.74) is 2.58. The van der Waals surface area contributed by atoms with Gasteiger partial charge in [-0.1, -0.05) is 23.7 Å². The first-order chi connectivity index (χ1) is 13.2. The van der Waals surface area contributed by atoms with Gasteiger partial charge in [0.2, 0.25) is 5.91 Å². The number of hydrogen-bond acceptors (Lipinski definition) is 5. The average molecular weight is 399 g/mol. The molecule has 0 fully saturated rings. The highest BCUT2D eigenvalue weighted by atomic mass is 35.5. The molecular formula is C20H15ClN2O3S. The summed E-state index contributed by atoms with van der Waals surface area (Å²) in [4.78, 5) is 16.6. The molecule has 0 saturated heterocycles. The molecule has 0 unspecified atom stereocenters. The van der Waals surface area contributed by atoms with Gasteiger partial charge in [-0.3, -0.25) is 10.1 Å². The lowest BCUT2D eigenvalue weighted by Crippen LogP contribution is -2.15. The molecule has 4 rings (SSSR count). The Morgan fingerprint density at radius 2 is 1.89 bits per heavy atom. The van der Waals surface area contributed by atoms with E-state index in [-0.39, 0.29) is 5.91 Å². The van der Waals surface area contributed by atoms with Crippen LogP contribution in [0.5, 0.6) is 11.5 Å². The third-order valence-electron chi connectivity index (χ3n) is 3.87. The predicted molar refractivity (Wildman–Crippen MR) is 108 cm³/mol. The van der Waals surface area contributed by atoms with Crippen LogP contribution in [0.15, 0.2) is 53.9 Å². The largest absolute Gasteiger partial charge is 0.486 e. The highest BCUT2D eigenvalue weighted by molar-refractivity contribution is 7.14. The van der Waals surface area contributed by atoms with Crippen LogP contribution in [0.3, 0.4) is 0 Å². The van der Waals surface area contributed by atoms with E-state index >= 15 is 0 Å². The first kappa shape index (κ1) is 17.6. The Labute approximate surface area is 165 Å².